The minimum absolute atomic E-state index is 0.0186. The number of pyridine rings is 1. The Balaban J connectivity index is 1.79. The molecule has 38 heavy (non-hydrogen) atoms. The molecule has 0 bridgehead atoms. The lowest BCUT2D eigenvalue weighted by Gasteiger charge is -2.42. The Morgan fingerprint density at radius 2 is 1.95 bits per heavy atom. The Hall–Kier alpha value is -2.47. The normalized spacial score (nSPS) is 19.8. The number of aromatic nitrogens is 1. The van der Waals surface area contributed by atoms with Crippen molar-refractivity contribution in [3.8, 4) is 18.1 Å². The molecule has 0 N–H and O–H groups in total. The number of terminal acetylenes is 1. The smallest absolute Gasteiger partial charge is 0.223 e. The molecule has 2 heterocycles. The maximum Gasteiger partial charge on any atom is 0.223 e. The number of ether oxygens (including phenoxy) is 1. The molecule has 0 aromatic carbocycles. The lowest BCUT2D eigenvalue weighted by atomic mass is 9.88. The van der Waals surface area contributed by atoms with Crippen LogP contribution in [-0.4, -0.2) is 28.7 Å². The average Bonchev–Trinajstić information content (AvgIpc) is 2.89. The molecule has 1 unspecified atom stereocenters. The molecule has 0 spiro atoms. The third kappa shape index (κ3) is 9.37. The molecular formula is C34H50N2O2. The summed E-state index contributed by atoms with van der Waals surface area (Å²) >= 11 is 0. The largest absolute Gasteiger partial charge is 0.488 e. The van der Waals surface area contributed by atoms with E-state index in [2.05, 4.69) is 48.0 Å². The van der Waals surface area contributed by atoms with Gasteiger partial charge in [0.25, 0.3) is 0 Å². The first-order chi connectivity index (χ1) is 18.5. The van der Waals surface area contributed by atoms with Gasteiger partial charge in [-0.1, -0.05) is 89.2 Å². The van der Waals surface area contributed by atoms with Crippen LogP contribution in [0.3, 0.4) is 0 Å². The van der Waals surface area contributed by atoms with Gasteiger partial charge in [0.05, 0.1) is 12.8 Å². The monoisotopic (exact) mass is 518 g/mol. The number of nitrogens with zero attached hydrogens (tertiary/aromatic N) is 2. The minimum atomic E-state index is 0.0186. The van der Waals surface area contributed by atoms with E-state index in [1.54, 1.807) is 6.08 Å². The van der Waals surface area contributed by atoms with Gasteiger partial charge in [0.15, 0.2) is 5.75 Å². The fraction of sp³-hybridized carbons (Fsp3) is 0.647. The van der Waals surface area contributed by atoms with Gasteiger partial charge in [0.2, 0.25) is 5.43 Å². The highest BCUT2D eigenvalue weighted by Gasteiger charge is 2.31. The van der Waals surface area contributed by atoms with E-state index in [9.17, 15) is 4.79 Å². The van der Waals surface area contributed by atoms with E-state index < -0.39 is 0 Å². The van der Waals surface area contributed by atoms with Crippen molar-refractivity contribution in [1.29, 1.82) is 0 Å². The third-order valence-electron chi connectivity index (χ3n) is 8.43. The number of rotatable bonds is 12. The van der Waals surface area contributed by atoms with Crippen LogP contribution in [0.5, 0.6) is 5.75 Å². The quantitative estimate of drug-likeness (QED) is 0.123. The Morgan fingerprint density at radius 1 is 1.18 bits per heavy atom. The molecule has 2 atom stereocenters. The lowest BCUT2D eigenvalue weighted by molar-refractivity contribution is 0.0914. The fourth-order valence-electron chi connectivity index (χ4n) is 6.17. The lowest BCUT2D eigenvalue weighted by Crippen LogP contribution is -2.48. The van der Waals surface area contributed by atoms with Gasteiger partial charge < -0.3 is 9.30 Å². The summed E-state index contributed by atoms with van der Waals surface area (Å²) in [5.74, 6) is 4.21. The van der Waals surface area contributed by atoms with Gasteiger partial charge in [-0.05, 0) is 44.1 Å². The summed E-state index contributed by atoms with van der Waals surface area (Å²) in [4.78, 5) is 15.6. The van der Waals surface area contributed by atoms with Gasteiger partial charge >= 0.3 is 0 Å². The zero-order valence-corrected chi connectivity index (χ0v) is 24.2. The van der Waals surface area contributed by atoms with Crippen LogP contribution in [0.2, 0.25) is 0 Å². The summed E-state index contributed by atoms with van der Waals surface area (Å²) in [5, 5.41) is 0. The highest BCUT2D eigenvalue weighted by molar-refractivity contribution is 5.24. The van der Waals surface area contributed by atoms with Gasteiger partial charge in [-0.3, -0.25) is 9.69 Å². The van der Waals surface area contributed by atoms with Crippen molar-refractivity contribution in [2.24, 2.45) is 11.8 Å². The van der Waals surface area contributed by atoms with Crippen LogP contribution in [0.1, 0.15) is 104 Å². The maximum atomic E-state index is 13.1. The summed E-state index contributed by atoms with van der Waals surface area (Å²) in [5.41, 5.74) is 5.39. The highest BCUT2D eigenvalue weighted by Crippen LogP contribution is 2.30. The summed E-state index contributed by atoms with van der Waals surface area (Å²) in [6.45, 7) is 9.99. The first kappa shape index (κ1) is 30.1. The molecule has 4 nitrogen and oxygen atoms in total. The molecule has 1 aromatic heterocycles. The molecule has 1 aliphatic heterocycles. The molecule has 4 heteroatoms. The van der Waals surface area contributed by atoms with Crippen LogP contribution in [0.15, 0.2) is 46.6 Å². The summed E-state index contributed by atoms with van der Waals surface area (Å²) in [7, 11) is 0. The van der Waals surface area contributed by atoms with Gasteiger partial charge in [-0.15, -0.1) is 12.2 Å². The van der Waals surface area contributed by atoms with Crippen molar-refractivity contribution in [2.75, 3.05) is 13.2 Å². The van der Waals surface area contributed by atoms with E-state index >= 15 is 0 Å². The molecule has 0 saturated heterocycles. The fourth-order valence-corrected chi connectivity index (χ4v) is 6.17. The molecule has 0 amide bonds. The molecule has 1 fully saturated rings. The van der Waals surface area contributed by atoms with Gasteiger partial charge in [-0.2, -0.15) is 0 Å². The van der Waals surface area contributed by atoms with Crippen molar-refractivity contribution in [2.45, 2.75) is 117 Å². The van der Waals surface area contributed by atoms with Crippen LogP contribution in [0.4, 0.5) is 0 Å². The Bertz CT molecular complexity index is 1050. The van der Waals surface area contributed by atoms with Gasteiger partial charge in [-0.25, -0.2) is 0 Å². The molecule has 1 aliphatic carbocycles. The van der Waals surface area contributed by atoms with E-state index in [0.29, 0.717) is 30.2 Å². The Morgan fingerprint density at radius 3 is 2.66 bits per heavy atom. The summed E-state index contributed by atoms with van der Waals surface area (Å²) in [6, 6.07) is 2.25. The average molecular weight is 519 g/mol. The van der Waals surface area contributed by atoms with Crippen molar-refractivity contribution in [3.05, 3.63) is 57.7 Å². The second-order valence-corrected chi connectivity index (χ2v) is 11.5. The number of allylic oxidation sites excluding steroid dienone is 2. The molecule has 208 valence electrons. The van der Waals surface area contributed by atoms with Crippen LogP contribution in [0, 0.1) is 24.2 Å². The summed E-state index contributed by atoms with van der Waals surface area (Å²) in [6.07, 6.45) is 28.2. The Kier molecular flexibility index (Phi) is 13.0. The van der Waals surface area contributed by atoms with Crippen molar-refractivity contribution >= 4 is 0 Å². The van der Waals surface area contributed by atoms with E-state index in [0.717, 1.165) is 25.3 Å². The first-order valence-corrected chi connectivity index (χ1v) is 15.2. The highest BCUT2D eigenvalue weighted by atomic mass is 16.5. The number of hydrogen-bond acceptors (Lipinski definition) is 3. The zero-order chi connectivity index (χ0) is 27.2. The molecule has 3 rings (SSSR count). The van der Waals surface area contributed by atoms with E-state index in [1.165, 1.54) is 82.6 Å². The second-order valence-electron chi connectivity index (χ2n) is 11.5. The number of hydrogen-bond donors (Lipinski definition) is 0. The van der Waals surface area contributed by atoms with Crippen LogP contribution >= 0.6 is 0 Å². The van der Waals surface area contributed by atoms with E-state index in [4.69, 9.17) is 11.2 Å². The Labute approximate surface area is 231 Å². The predicted molar refractivity (Wildman–Crippen MR) is 159 cm³/mol. The van der Waals surface area contributed by atoms with Gasteiger partial charge in [0, 0.05) is 43.5 Å². The molecular weight excluding hydrogens is 468 g/mol. The van der Waals surface area contributed by atoms with Crippen LogP contribution in [0.25, 0.3) is 0 Å². The number of unbranched alkanes of at least 4 members (excludes halogenated alkanes) is 2. The van der Waals surface area contributed by atoms with Gasteiger partial charge in [0.1, 0.15) is 0 Å². The van der Waals surface area contributed by atoms with Crippen molar-refractivity contribution < 1.29 is 4.74 Å². The van der Waals surface area contributed by atoms with Crippen LogP contribution in [-0.2, 0) is 13.1 Å². The second kappa shape index (κ2) is 16.5. The molecule has 1 aromatic rings. The van der Waals surface area contributed by atoms with E-state index in [-0.39, 0.29) is 5.43 Å². The first-order valence-electron chi connectivity index (χ1n) is 15.2. The minimum Gasteiger partial charge on any atom is -0.488 e. The zero-order valence-electron chi connectivity index (χ0n) is 24.2. The maximum absolute atomic E-state index is 13.1. The molecule has 2 aliphatic rings. The molecule has 1 saturated carbocycles. The third-order valence-corrected chi connectivity index (χ3v) is 8.43. The van der Waals surface area contributed by atoms with Crippen LogP contribution < -0.4 is 10.2 Å². The van der Waals surface area contributed by atoms with Crippen molar-refractivity contribution in [3.63, 3.8) is 0 Å². The van der Waals surface area contributed by atoms with E-state index in [1.807, 2.05) is 18.3 Å². The molecule has 0 radical (unpaired) electrons. The topological polar surface area (TPSA) is 34.5 Å². The SMILES string of the molecule is C#CC=C=C/C=C(\C)CN1Cc2cc(=O)c(OCC3CCCCCCC3)cn2CC1[C@@H](CC)CCCCC. The standard InChI is InChI=1S/C34H50N2O2/c1-5-8-10-15-18-28(4)23-36-24-31-22-33(37)34(38-27-29-19-16-12-11-13-17-20-29)26-35(31)25-32(36)30(7-3)21-14-9-6-2/h1,8,15,18,22,26,29-30,32H,6-7,9,11-14,16-17,19-21,23-25,27H2,2-4H3/b28-18+/t10?,30-,32?/m0/s1. The predicted octanol–water partition coefficient (Wildman–Crippen LogP) is 7.67. The summed E-state index contributed by atoms with van der Waals surface area (Å²) < 4.78 is 8.52. The number of fused-ring (bicyclic) bond motifs is 1. The van der Waals surface area contributed by atoms with Crippen molar-refractivity contribution in [1.82, 2.24) is 9.47 Å².